The highest BCUT2D eigenvalue weighted by atomic mass is 16.5. The highest BCUT2D eigenvalue weighted by molar-refractivity contribution is 5.89. The Balaban J connectivity index is 1.19. The van der Waals surface area contributed by atoms with Crippen molar-refractivity contribution in [3.05, 3.63) is 113 Å². The summed E-state index contributed by atoms with van der Waals surface area (Å²) < 4.78 is 12.0. The molecule has 4 atom stereocenters. The van der Waals surface area contributed by atoms with Crippen LogP contribution < -0.4 is 5.32 Å². The summed E-state index contributed by atoms with van der Waals surface area (Å²) in [5, 5.41) is 35.1. The lowest BCUT2D eigenvalue weighted by Gasteiger charge is -2.39. The maximum absolute atomic E-state index is 12.2. The predicted molar refractivity (Wildman–Crippen MR) is 209 cm³/mol. The lowest BCUT2D eigenvalue weighted by Crippen LogP contribution is -2.42. The van der Waals surface area contributed by atoms with Crippen molar-refractivity contribution in [2.75, 3.05) is 45.2 Å². The van der Waals surface area contributed by atoms with Gasteiger partial charge in [0.25, 0.3) is 0 Å². The van der Waals surface area contributed by atoms with Crippen molar-refractivity contribution in [2.24, 2.45) is 11.3 Å². The first-order valence-corrected chi connectivity index (χ1v) is 18.8. The Bertz CT molecular complexity index is 2380. The van der Waals surface area contributed by atoms with Crippen LogP contribution in [0.25, 0.3) is 27.6 Å². The summed E-state index contributed by atoms with van der Waals surface area (Å²) >= 11 is 0. The molecule has 2 aromatic carbocycles. The number of β-amino-alcohol motifs (C(OH)–C–C–N with tert-alkyl or cyclic N) is 1. The van der Waals surface area contributed by atoms with Crippen molar-refractivity contribution in [1.82, 2.24) is 24.8 Å². The number of hydrogen-bond acceptors (Lipinski definition) is 11. The molecule has 0 spiro atoms. The van der Waals surface area contributed by atoms with Gasteiger partial charge in [-0.2, -0.15) is 5.26 Å². The number of aromatic nitrogens is 3. The number of nitrogens with one attached hydrogen (secondary N) is 1. The number of aliphatic hydroxyl groups is 1. The minimum absolute atomic E-state index is 0.138. The zero-order chi connectivity index (χ0) is 38.3. The molecule has 1 aliphatic carbocycles. The van der Waals surface area contributed by atoms with Crippen molar-refractivity contribution in [1.29, 1.82) is 5.26 Å². The number of pyridine rings is 2. The highest BCUT2D eigenvalue weighted by Crippen LogP contribution is 2.46. The number of carboxylic acid groups (broad SMARTS) is 1. The van der Waals surface area contributed by atoms with Crippen molar-refractivity contribution >= 4 is 39.4 Å². The second kappa shape index (κ2) is 14.7. The third-order valence-corrected chi connectivity index (χ3v) is 11.6. The minimum atomic E-state index is -1.04. The maximum atomic E-state index is 12.2. The zero-order valence-corrected chi connectivity index (χ0v) is 31.3. The highest BCUT2D eigenvalue weighted by Gasteiger charge is 2.46. The van der Waals surface area contributed by atoms with E-state index in [2.05, 4.69) is 65.4 Å². The Morgan fingerprint density at radius 3 is 2.73 bits per heavy atom. The SMILES string of the molecule is COCC1(C(=O)O)CCN(Cc2cc(C#N)c3oc(C4(Nc5nccc6cc(CN7CC[C@@H](O)C7)cnc56)C=CC=C(c5ccccc5C)C4C)nc3c2)C1. The number of anilines is 1. The predicted octanol–water partition coefficient (Wildman–Crippen LogP) is 6.04. The summed E-state index contributed by atoms with van der Waals surface area (Å²) in [5.41, 5.74) is 5.22. The van der Waals surface area contributed by atoms with Crippen LogP contribution in [0.3, 0.4) is 0 Å². The standard InChI is InChI=1S/C43H45N7O5/c1-27-7-4-5-8-34(27)35-9-6-12-43(28(35)2,48-39-37-31(10-14-45-39)18-30(21-46-37)23-49-15-11-33(51)24-49)40-47-36-19-29(17-32(20-44)38(36)55-40)22-50-16-13-42(25-50,26-54-3)41(52)53/h4-10,12,14,17-19,21,28,33,51H,11,13,15-16,22-26H2,1-3H3,(H,45,48)(H,52,53)/t28?,33-,42?,43?/m1/s1. The maximum Gasteiger partial charge on any atom is 0.313 e. The Morgan fingerprint density at radius 2 is 1.96 bits per heavy atom. The fraction of sp³-hybridized carbons (Fsp3) is 0.372. The van der Waals surface area contributed by atoms with E-state index >= 15 is 0 Å². The van der Waals surface area contributed by atoms with Gasteiger partial charge in [-0.05, 0) is 84.5 Å². The second-order valence-corrected chi connectivity index (χ2v) is 15.4. The van der Waals surface area contributed by atoms with Crippen LogP contribution in [-0.4, -0.2) is 86.9 Å². The van der Waals surface area contributed by atoms with E-state index < -0.39 is 16.9 Å². The molecule has 8 rings (SSSR count). The number of aliphatic hydroxyl groups excluding tert-OH is 1. The number of likely N-dealkylation sites (tertiary alicyclic amines) is 2. The molecule has 12 heteroatoms. The van der Waals surface area contributed by atoms with Crippen molar-refractivity contribution in [3.8, 4) is 6.07 Å². The van der Waals surface area contributed by atoms with E-state index in [0.29, 0.717) is 73.0 Å². The average Bonchev–Trinajstić information content (AvgIpc) is 3.92. The van der Waals surface area contributed by atoms with Crippen LogP contribution in [-0.2, 0) is 28.2 Å². The molecule has 5 heterocycles. The summed E-state index contributed by atoms with van der Waals surface area (Å²) in [5.74, 6) is -0.132. The number of aliphatic carboxylic acids is 1. The van der Waals surface area contributed by atoms with E-state index in [0.717, 1.165) is 46.2 Å². The van der Waals surface area contributed by atoms with Gasteiger partial charge in [-0.1, -0.05) is 43.3 Å². The number of aryl methyl sites for hydroxylation is 1. The molecule has 2 fully saturated rings. The number of nitrogens with zero attached hydrogens (tertiary/aromatic N) is 6. The molecule has 282 valence electrons. The third-order valence-electron chi connectivity index (χ3n) is 11.6. The number of fused-ring (bicyclic) bond motifs is 2. The summed E-state index contributed by atoms with van der Waals surface area (Å²) in [6.45, 7) is 7.99. The number of methoxy groups -OCH3 is 1. The van der Waals surface area contributed by atoms with Gasteiger partial charge in [-0.25, -0.2) is 9.97 Å². The first-order valence-electron chi connectivity index (χ1n) is 18.8. The molecule has 0 bridgehead atoms. The van der Waals surface area contributed by atoms with Gasteiger partial charge in [0.1, 0.15) is 28.1 Å². The lowest BCUT2D eigenvalue weighted by atomic mass is 9.73. The fourth-order valence-corrected chi connectivity index (χ4v) is 8.63. The lowest BCUT2D eigenvalue weighted by molar-refractivity contribution is -0.151. The third kappa shape index (κ3) is 6.78. The molecule has 2 saturated heterocycles. The average molecular weight is 740 g/mol. The van der Waals surface area contributed by atoms with Crippen LogP contribution in [0.1, 0.15) is 53.5 Å². The van der Waals surface area contributed by atoms with Gasteiger partial charge in [0, 0.05) is 63.5 Å². The monoisotopic (exact) mass is 739 g/mol. The number of hydrogen-bond donors (Lipinski definition) is 3. The van der Waals surface area contributed by atoms with Gasteiger partial charge >= 0.3 is 5.97 Å². The van der Waals surface area contributed by atoms with E-state index in [1.807, 2.05) is 42.6 Å². The normalized spacial score (nSPS) is 24.4. The quantitative estimate of drug-likeness (QED) is 0.144. The number of oxazole rings is 1. The Hall–Kier alpha value is -5.45. The largest absolute Gasteiger partial charge is 0.481 e. The first-order chi connectivity index (χ1) is 26.6. The van der Waals surface area contributed by atoms with Gasteiger partial charge in [0.05, 0.1) is 18.3 Å². The Morgan fingerprint density at radius 1 is 1.13 bits per heavy atom. The van der Waals surface area contributed by atoms with Gasteiger partial charge in [0.15, 0.2) is 11.4 Å². The number of rotatable bonds is 11. The van der Waals surface area contributed by atoms with Crippen LogP contribution in [0.5, 0.6) is 0 Å². The molecule has 0 radical (unpaired) electrons. The number of ether oxygens (including phenoxy) is 1. The number of benzene rings is 2. The zero-order valence-electron chi connectivity index (χ0n) is 31.3. The van der Waals surface area contributed by atoms with Crippen LogP contribution in [0.15, 0.2) is 83.6 Å². The van der Waals surface area contributed by atoms with Gasteiger partial charge in [-0.15, -0.1) is 0 Å². The van der Waals surface area contributed by atoms with Crippen molar-refractivity contribution in [3.63, 3.8) is 0 Å². The topological polar surface area (TPSA) is 161 Å². The number of carbonyl (C=O) groups is 1. The van der Waals surface area contributed by atoms with E-state index in [1.165, 1.54) is 7.11 Å². The number of nitriles is 1. The van der Waals surface area contributed by atoms with Crippen molar-refractivity contribution < 1.29 is 24.2 Å². The van der Waals surface area contributed by atoms with E-state index in [4.69, 9.17) is 24.1 Å². The Labute approximate surface area is 319 Å². The molecule has 0 saturated carbocycles. The molecule has 3 aliphatic rings. The molecular weight excluding hydrogens is 695 g/mol. The second-order valence-electron chi connectivity index (χ2n) is 15.4. The van der Waals surface area contributed by atoms with Crippen LogP contribution in [0, 0.1) is 29.6 Å². The molecule has 55 heavy (non-hydrogen) atoms. The fourth-order valence-electron chi connectivity index (χ4n) is 8.63. The van der Waals surface area contributed by atoms with E-state index in [9.17, 15) is 20.3 Å². The van der Waals surface area contributed by atoms with Gasteiger partial charge in [-0.3, -0.25) is 19.6 Å². The molecule has 0 amide bonds. The summed E-state index contributed by atoms with van der Waals surface area (Å²) in [4.78, 5) is 31.4. The number of carboxylic acids is 1. The number of allylic oxidation sites excluding steroid dienone is 2. The molecular formula is C43H45N7O5. The molecule has 12 nitrogen and oxygen atoms in total. The molecule has 3 unspecified atom stereocenters. The van der Waals surface area contributed by atoms with Crippen LogP contribution in [0.4, 0.5) is 5.82 Å². The molecule has 3 N–H and O–H groups in total. The summed E-state index contributed by atoms with van der Waals surface area (Å²) in [6.07, 6.45) is 10.8. The van der Waals surface area contributed by atoms with Gasteiger partial charge < -0.3 is 24.7 Å². The molecule has 2 aliphatic heterocycles. The van der Waals surface area contributed by atoms with Crippen molar-refractivity contribution in [2.45, 2.75) is 51.4 Å². The summed E-state index contributed by atoms with van der Waals surface area (Å²) in [6, 6.07) is 18.4. The van der Waals surface area contributed by atoms with Crippen LogP contribution >= 0.6 is 0 Å². The van der Waals surface area contributed by atoms with E-state index in [1.54, 1.807) is 6.20 Å². The smallest absolute Gasteiger partial charge is 0.313 e. The Kier molecular flexibility index (Phi) is 9.73. The molecule has 5 aromatic rings. The molecule has 3 aromatic heterocycles. The minimum Gasteiger partial charge on any atom is -0.481 e. The first kappa shape index (κ1) is 36.5. The van der Waals surface area contributed by atoms with Gasteiger partial charge in [0.2, 0.25) is 5.89 Å². The van der Waals surface area contributed by atoms with E-state index in [-0.39, 0.29) is 18.6 Å². The summed E-state index contributed by atoms with van der Waals surface area (Å²) in [7, 11) is 1.53. The van der Waals surface area contributed by atoms with Crippen LogP contribution in [0.2, 0.25) is 0 Å².